The Labute approximate surface area is 305 Å². The zero-order chi connectivity index (χ0) is 37.1. The van der Waals surface area contributed by atoms with Crippen molar-refractivity contribution >= 4 is 39.2 Å². The zero-order valence-corrected chi connectivity index (χ0v) is 32.7. The summed E-state index contributed by atoms with van der Waals surface area (Å²) in [6, 6.07) is 3.83. The van der Waals surface area contributed by atoms with E-state index in [2.05, 4.69) is 23.3 Å². The Morgan fingerprint density at radius 1 is 0.569 bits per heavy atom. The first-order valence-corrected chi connectivity index (χ1v) is 24.5. The molecule has 0 radical (unpaired) electrons. The number of hydrogen-bond acceptors (Lipinski definition) is 4. The number of sulfonamides is 2. The third-order valence-electron chi connectivity index (χ3n) is 9.50. The quantitative estimate of drug-likeness (QED) is 0.0708. The van der Waals surface area contributed by atoms with Crippen LogP contribution < -0.4 is 17.2 Å². The standard InChI is InChI=1S/2C14H20F2NO2S.2C5H5.Ti/c2*1-2-3-4-5-6-7-10-20(18,19)17-14-9-8-12(15)11-13(14)16;2*1-2-4-5-3-1;/h2*8-9,17H,2-7,10H2,1H3;2*1-3H,4H2;. The van der Waals surface area contributed by atoms with Gasteiger partial charge in [-0.2, -0.15) is 0 Å². The molecular weight excluding hydrogens is 736 g/mol. The molecule has 0 fully saturated rings. The summed E-state index contributed by atoms with van der Waals surface area (Å²) >= 11 is -5.33. The van der Waals surface area contributed by atoms with Crippen LogP contribution in [0, 0.1) is 23.3 Å². The summed E-state index contributed by atoms with van der Waals surface area (Å²) in [6.45, 7) is 4.16. The van der Waals surface area contributed by atoms with Crippen molar-refractivity contribution < 1.29 is 51.0 Å². The molecule has 6 nitrogen and oxygen atoms in total. The third kappa shape index (κ3) is 10.3. The number of nitrogens with one attached hydrogen (secondary N) is 2. The van der Waals surface area contributed by atoms with Gasteiger partial charge in [-0.25, -0.2) is 0 Å². The van der Waals surface area contributed by atoms with E-state index in [1.165, 1.54) is 0 Å². The summed E-state index contributed by atoms with van der Waals surface area (Å²) in [5.41, 5.74) is -1.02. The van der Waals surface area contributed by atoms with Crippen molar-refractivity contribution in [3.8, 4) is 0 Å². The van der Waals surface area contributed by atoms with Gasteiger partial charge in [0.2, 0.25) is 0 Å². The van der Waals surface area contributed by atoms with Gasteiger partial charge in [-0.05, 0) is 0 Å². The number of rotatable bonds is 22. The number of hydrogen-bond donors (Lipinski definition) is 2. The van der Waals surface area contributed by atoms with Crippen LogP contribution in [0.1, 0.15) is 104 Å². The molecule has 2 N–H and O–H groups in total. The molecule has 4 rings (SSSR count). The maximum absolute atomic E-state index is 17.0. The summed E-state index contributed by atoms with van der Waals surface area (Å²) in [5, 5.41) is 0. The number of halogens is 4. The fourth-order valence-corrected chi connectivity index (χ4v) is 17.6. The van der Waals surface area contributed by atoms with Gasteiger partial charge >= 0.3 is 293 Å². The van der Waals surface area contributed by atoms with Gasteiger partial charge in [0.05, 0.1) is 0 Å². The summed E-state index contributed by atoms with van der Waals surface area (Å²) in [4.78, 5) is 0. The molecule has 0 spiro atoms. The second kappa shape index (κ2) is 18.9. The number of allylic oxidation sites excluding steroid dienone is 8. The van der Waals surface area contributed by atoms with Crippen LogP contribution in [-0.2, 0) is 36.6 Å². The van der Waals surface area contributed by atoms with E-state index in [9.17, 15) is 16.8 Å². The van der Waals surface area contributed by atoms with Crippen molar-refractivity contribution in [1.82, 2.24) is 0 Å². The average molecular weight is 787 g/mol. The Bertz CT molecular complexity index is 1740. The van der Waals surface area contributed by atoms with E-state index in [1.54, 1.807) is 36.5 Å². The van der Waals surface area contributed by atoms with Gasteiger partial charge in [-0.1, -0.05) is 13.8 Å². The SMILES string of the molecule is CCCCCCCCS(=O)(=O)Nc1ccc(F)[c]([Ti]([C]2=CC=CC2)([C]2=CC=CC2)[c]2c(F)ccc(NS(=O)(=O)CCCCCCCC)c2F)c1F. The molecule has 51 heavy (non-hydrogen) atoms. The van der Waals surface area contributed by atoms with Gasteiger partial charge < -0.3 is 0 Å². The first-order chi connectivity index (χ1) is 24.4. The molecule has 0 aliphatic heterocycles. The Balaban J connectivity index is 1.80. The summed E-state index contributed by atoms with van der Waals surface area (Å²) in [6.07, 6.45) is 20.2. The van der Waals surface area contributed by atoms with E-state index in [-0.39, 0.29) is 24.3 Å². The molecule has 2 aromatic carbocycles. The summed E-state index contributed by atoms with van der Waals surface area (Å²) < 4.78 is 123. The van der Waals surface area contributed by atoms with E-state index in [0.717, 1.165) is 75.6 Å². The van der Waals surface area contributed by atoms with E-state index < -0.39 is 79.0 Å². The van der Waals surface area contributed by atoms with Gasteiger partial charge in [0.1, 0.15) is 0 Å². The molecule has 0 heterocycles. The van der Waals surface area contributed by atoms with Crippen LogP contribution >= 0.6 is 0 Å². The van der Waals surface area contributed by atoms with Crippen molar-refractivity contribution in [2.24, 2.45) is 0 Å². The molecule has 13 heteroatoms. The predicted molar refractivity (Wildman–Crippen MR) is 197 cm³/mol. The van der Waals surface area contributed by atoms with Crippen LogP contribution in [0.15, 0.2) is 68.5 Å². The maximum atomic E-state index is 17.0. The fraction of sp³-hybridized carbons (Fsp3) is 0.474. The van der Waals surface area contributed by atoms with Crippen molar-refractivity contribution in [3.63, 3.8) is 0 Å². The Morgan fingerprint density at radius 3 is 1.29 bits per heavy atom. The first-order valence-electron chi connectivity index (χ1n) is 18.1. The van der Waals surface area contributed by atoms with Crippen molar-refractivity contribution in [2.75, 3.05) is 20.9 Å². The minimum atomic E-state index is -5.33. The number of benzene rings is 2. The van der Waals surface area contributed by atoms with Crippen LogP contribution in [0.2, 0.25) is 0 Å². The number of unbranched alkanes of at least 4 members (excludes halogenated alkanes) is 10. The Hall–Kier alpha value is -2.67. The molecule has 280 valence electrons. The van der Waals surface area contributed by atoms with Crippen LogP contribution in [0.25, 0.3) is 0 Å². The van der Waals surface area contributed by atoms with E-state index in [0.29, 0.717) is 33.4 Å². The van der Waals surface area contributed by atoms with Gasteiger partial charge in [0.15, 0.2) is 0 Å². The second-order valence-electron chi connectivity index (χ2n) is 13.3. The summed E-state index contributed by atoms with van der Waals surface area (Å²) in [5.74, 6) is -5.16. The molecule has 0 saturated heterocycles. The van der Waals surface area contributed by atoms with Crippen molar-refractivity contribution in [2.45, 2.75) is 104 Å². The van der Waals surface area contributed by atoms with Crippen LogP contribution in [-0.4, -0.2) is 28.3 Å². The molecule has 0 saturated carbocycles. The van der Waals surface area contributed by atoms with E-state index >= 15 is 17.6 Å². The molecule has 0 atom stereocenters. The minimum absolute atomic E-state index is 0.150. The molecule has 2 aliphatic rings. The third-order valence-corrected chi connectivity index (χ3v) is 20.2. The van der Waals surface area contributed by atoms with Crippen molar-refractivity contribution in [1.29, 1.82) is 0 Å². The van der Waals surface area contributed by atoms with Crippen LogP contribution in [0.4, 0.5) is 28.9 Å². The molecule has 0 amide bonds. The van der Waals surface area contributed by atoms with Crippen molar-refractivity contribution in [3.05, 3.63) is 91.7 Å². The molecule has 0 unspecified atom stereocenters. The predicted octanol–water partition coefficient (Wildman–Crippen LogP) is 9.24. The monoisotopic (exact) mass is 786 g/mol. The average Bonchev–Trinajstić information content (AvgIpc) is 3.82. The normalized spacial score (nSPS) is 14.6. The van der Waals surface area contributed by atoms with Crippen LogP contribution in [0.3, 0.4) is 0 Å². The van der Waals surface area contributed by atoms with E-state index in [4.69, 9.17) is 0 Å². The van der Waals surface area contributed by atoms with Gasteiger partial charge in [0.25, 0.3) is 0 Å². The summed E-state index contributed by atoms with van der Waals surface area (Å²) in [7, 11) is -8.11. The fourth-order valence-electron chi connectivity index (χ4n) is 6.96. The second-order valence-corrected chi connectivity index (χ2v) is 22.9. The van der Waals surface area contributed by atoms with Gasteiger partial charge in [-0.15, -0.1) is 0 Å². The molecule has 2 aromatic rings. The van der Waals surface area contributed by atoms with Gasteiger partial charge in [0, 0.05) is 0 Å². The first kappa shape index (κ1) is 41.1. The number of anilines is 2. The van der Waals surface area contributed by atoms with E-state index in [1.807, 2.05) is 0 Å². The van der Waals surface area contributed by atoms with Gasteiger partial charge in [-0.3, -0.25) is 0 Å². The molecule has 2 aliphatic carbocycles. The Kier molecular flexibility index (Phi) is 15.2. The molecule has 0 aromatic heterocycles. The topological polar surface area (TPSA) is 92.3 Å². The Morgan fingerprint density at radius 2 is 0.941 bits per heavy atom. The molecular formula is C38H50F4N2O4S2Ti. The van der Waals surface area contributed by atoms with Crippen LogP contribution in [0.5, 0.6) is 0 Å². The zero-order valence-electron chi connectivity index (χ0n) is 29.5. The molecule has 0 bridgehead atoms.